The zero-order chi connectivity index (χ0) is 29.1. The molecule has 3 heterocycles. The molecule has 1 aromatic heterocycles. The molecule has 3 amide bonds. The van der Waals surface area contributed by atoms with E-state index < -0.39 is 24.0 Å². The van der Waals surface area contributed by atoms with Crippen LogP contribution in [-0.4, -0.2) is 60.5 Å². The smallest absolute Gasteiger partial charge is 0.407 e. The van der Waals surface area contributed by atoms with E-state index in [0.717, 1.165) is 17.5 Å². The number of carbonyl (C=O) groups is 2. The van der Waals surface area contributed by atoms with Gasteiger partial charge in [-0.3, -0.25) is 9.80 Å². The van der Waals surface area contributed by atoms with Gasteiger partial charge in [0.05, 0.1) is 38.2 Å². The first-order chi connectivity index (χ1) is 19.8. The van der Waals surface area contributed by atoms with Crippen molar-refractivity contribution in [1.29, 1.82) is 0 Å². The van der Waals surface area contributed by atoms with Crippen LogP contribution < -0.4 is 24.6 Å². The van der Waals surface area contributed by atoms with Gasteiger partial charge in [-0.25, -0.2) is 19.0 Å². The minimum atomic E-state index is -1.02. The van der Waals surface area contributed by atoms with Crippen LogP contribution in [0, 0.1) is 12.7 Å². The molecule has 2 aliphatic rings. The third-order valence-corrected chi connectivity index (χ3v) is 7.68. The minimum absolute atomic E-state index is 0.140. The SMILES string of the molecule is COc1ccc(CNc2cc3c(cn2)CN(c2c(C)cccc2F)C(=O)N3[C@H]2CCCCN(C(=O)O)C2)c(OC)c1. The lowest BCUT2D eigenvalue weighted by molar-refractivity contribution is 0.144. The number of rotatable bonds is 7. The molecule has 0 bridgehead atoms. The Morgan fingerprint density at radius 2 is 2.00 bits per heavy atom. The summed E-state index contributed by atoms with van der Waals surface area (Å²) in [5.41, 5.74) is 3.12. The van der Waals surface area contributed by atoms with Crippen LogP contribution in [0.4, 0.5) is 31.2 Å². The number of methoxy groups -OCH3 is 2. The van der Waals surface area contributed by atoms with E-state index in [1.807, 2.05) is 18.2 Å². The monoisotopic (exact) mass is 563 g/mol. The van der Waals surface area contributed by atoms with Gasteiger partial charge in [-0.15, -0.1) is 0 Å². The maximum atomic E-state index is 15.1. The maximum Gasteiger partial charge on any atom is 0.407 e. The fourth-order valence-electron chi connectivity index (χ4n) is 5.57. The lowest BCUT2D eigenvalue weighted by Gasteiger charge is -2.42. The highest BCUT2D eigenvalue weighted by Crippen LogP contribution is 2.38. The Labute approximate surface area is 238 Å². The first kappa shape index (κ1) is 28.0. The molecule has 41 heavy (non-hydrogen) atoms. The van der Waals surface area contributed by atoms with Crippen LogP contribution in [0.3, 0.4) is 0 Å². The number of aryl methyl sites for hydroxylation is 1. The number of anilines is 3. The van der Waals surface area contributed by atoms with Crippen LogP contribution in [0.25, 0.3) is 0 Å². The van der Waals surface area contributed by atoms with Crippen molar-refractivity contribution in [1.82, 2.24) is 9.88 Å². The summed E-state index contributed by atoms with van der Waals surface area (Å²) >= 11 is 0. The average Bonchev–Trinajstić information content (AvgIpc) is 3.22. The molecule has 5 rings (SSSR count). The second-order valence-electron chi connectivity index (χ2n) is 10.3. The molecule has 1 saturated heterocycles. The third kappa shape index (κ3) is 5.70. The highest BCUT2D eigenvalue weighted by atomic mass is 19.1. The average molecular weight is 564 g/mol. The number of carboxylic acid groups (broad SMARTS) is 1. The van der Waals surface area contributed by atoms with Gasteiger partial charge < -0.3 is 24.8 Å². The largest absolute Gasteiger partial charge is 0.497 e. The predicted molar refractivity (Wildman–Crippen MR) is 154 cm³/mol. The molecule has 2 aliphatic heterocycles. The number of hydrogen-bond donors (Lipinski definition) is 2. The van der Waals surface area contributed by atoms with Crippen molar-refractivity contribution in [3.8, 4) is 11.5 Å². The van der Waals surface area contributed by atoms with E-state index >= 15 is 4.39 Å². The van der Waals surface area contributed by atoms with Crippen molar-refractivity contribution in [2.75, 3.05) is 42.4 Å². The van der Waals surface area contributed by atoms with Gasteiger partial charge in [-0.2, -0.15) is 0 Å². The van der Waals surface area contributed by atoms with Gasteiger partial charge in [-0.1, -0.05) is 12.1 Å². The molecule has 2 N–H and O–H groups in total. The Morgan fingerprint density at radius 3 is 2.73 bits per heavy atom. The molecule has 0 saturated carbocycles. The van der Waals surface area contributed by atoms with Crippen LogP contribution in [0.1, 0.15) is 36.0 Å². The number of pyridine rings is 1. The number of amides is 3. The molecule has 3 aromatic rings. The van der Waals surface area contributed by atoms with Crippen molar-refractivity contribution < 1.29 is 28.6 Å². The van der Waals surface area contributed by atoms with E-state index in [2.05, 4.69) is 10.3 Å². The number of urea groups is 1. The van der Waals surface area contributed by atoms with E-state index in [-0.39, 0.29) is 18.8 Å². The Bertz CT molecular complexity index is 1430. The zero-order valence-electron chi connectivity index (χ0n) is 23.4. The van der Waals surface area contributed by atoms with Crippen LogP contribution in [0.2, 0.25) is 0 Å². The molecule has 216 valence electrons. The number of fused-ring (bicyclic) bond motifs is 1. The number of carbonyl (C=O) groups excluding carboxylic acids is 1. The molecule has 0 spiro atoms. The second kappa shape index (κ2) is 11.9. The summed E-state index contributed by atoms with van der Waals surface area (Å²) in [6.45, 7) is 2.88. The van der Waals surface area contributed by atoms with Gasteiger partial charge in [-0.05, 0) is 49.9 Å². The van der Waals surface area contributed by atoms with E-state index in [0.29, 0.717) is 54.5 Å². The Morgan fingerprint density at radius 1 is 1.17 bits per heavy atom. The molecule has 0 aliphatic carbocycles. The number of nitrogens with zero attached hydrogens (tertiary/aromatic N) is 4. The number of benzene rings is 2. The number of hydrogen-bond acceptors (Lipinski definition) is 6. The normalized spacial score (nSPS) is 17.1. The molecular formula is C30H34FN5O5. The maximum absolute atomic E-state index is 15.1. The molecule has 11 heteroatoms. The summed E-state index contributed by atoms with van der Waals surface area (Å²) in [7, 11) is 3.18. The van der Waals surface area contributed by atoms with E-state index in [4.69, 9.17) is 9.47 Å². The van der Waals surface area contributed by atoms with Gasteiger partial charge in [0.25, 0.3) is 0 Å². The number of aromatic nitrogens is 1. The zero-order valence-corrected chi connectivity index (χ0v) is 23.4. The van der Waals surface area contributed by atoms with Gasteiger partial charge in [0, 0.05) is 49.1 Å². The fraction of sp³-hybridized carbons (Fsp3) is 0.367. The summed E-state index contributed by atoms with van der Waals surface area (Å²) in [6, 6.07) is 11.3. The molecular weight excluding hydrogens is 529 g/mol. The number of nitrogens with one attached hydrogen (secondary N) is 1. The second-order valence-corrected chi connectivity index (χ2v) is 10.3. The van der Waals surface area contributed by atoms with Crippen molar-refractivity contribution in [2.45, 2.75) is 45.3 Å². The van der Waals surface area contributed by atoms with Crippen molar-refractivity contribution in [3.63, 3.8) is 0 Å². The summed E-state index contributed by atoms with van der Waals surface area (Å²) in [4.78, 5) is 35.1. The third-order valence-electron chi connectivity index (χ3n) is 7.68. The highest BCUT2D eigenvalue weighted by molar-refractivity contribution is 6.07. The molecule has 10 nitrogen and oxygen atoms in total. The van der Waals surface area contributed by atoms with E-state index in [9.17, 15) is 14.7 Å². The standard InChI is InChI=1S/C30H34FN5O5/c1-19-7-6-9-24(31)28(19)35-17-21-16-33-27(32-15-20-10-11-23(40-2)13-26(20)41-3)14-25(21)36(29(35)37)22-8-4-5-12-34(18-22)30(38)39/h6-7,9-11,13-14,16,22H,4-5,8,12,15,17-18H2,1-3H3,(H,32,33)(H,38,39)/t22-/m0/s1. The number of ether oxygens (including phenoxy) is 2. The highest BCUT2D eigenvalue weighted by Gasteiger charge is 2.39. The van der Waals surface area contributed by atoms with Gasteiger partial charge in [0.15, 0.2) is 0 Å². The fourth-order valence-corrected chi connectivity index (χ4v) is 5.57. The Balaban J connectivity index is 1.51. The lowest BCUT2D eigenvalue weighted by atomic mass is 10.0. The van der Waals surface area contributed by atoms with Crippen molar-refractivity contribution >= 4 is 29.3 Å². The minimum Gasteiger partial charge on any atom is -0.497 e. The first-order valence-corrected chi connectivity index (χ1v) is 13.6. The van der Waals surface area contributed by atoms with Crippen molar-refractivity contribution in [2.24, 2.45) is 0 Å². The van der Waals surface area contributed by atoms with Crippen LogP contribution in [0.5, 0.6) is 11.5 Å². The Hall–Kier alpha value is -4.54. The number of halogens is 1. The topological polar surface area (TPSA) is 107 Å². The molecule has 2 aromatic carbocycles. The van der Waals surface area contributed by atoms with E-state index in [1.165, 1.54) is 15.9 Å². The Kier molecular flexibility index (Phi) is 8.14. The van der Waals surface area contributed by atoms with Gasteiger partial charge in [0.1, 0.15) is 23.1 Å². The number of para-hydroxylation sites is 1. The number of likely N-dealkylation sites (tertiary alicyclic amines) is 1. The molecule has 0 radical (unpaired) electrons. The van der Waals surface area contributed by atoms with Crippen LogP contribution >= 0.6 is 0 Å². The van der Waals surface area contributed by atoms with Crippen LogP contribution in [0.15, 0.2) is 48.7 Å². The summed E-state index contributed by atoms with van der Waals surface area (Å²) < 4.78 is 25.9. The summed E-state index contributed by atoms with van der Waals surface area (Å²) in [5, 5.41) is 13.1. The molecule has 0 unspecified atom stereocenters. The van der Waals surface area contributed by atoms with Crippen molar-refractivity contribution in [3.05, 3.63) is 71.2 Å². The van der Waals surface area contributed by atoms with Gasteiger partial charge >= 0.3 is 12.1 Å². The molecule has 1 atom stereocenters. The quantitative estimate of drug-likeness (QED) is 0.383. The summed E-state index contributed by atoms with van der Waals surface area (Å²) in [5.74, 6) is 1.39. The van der Waals surface area contributed by atoms with Crippen LogP contribution in [-0.2, 0) is 13.1 Å². The summed E-state index contributed by atoms with van der Waals surface area (Å²) in [6.07, 6.45) is 2.76. The predicted octanol–water partition coefficient (Wildman–Crippen LogP) is 5.64. The van der Waals surface area contributed by atoms with Gasteiger partial charge in [0.2, 0.25) is 0 Å². The van der Waals surface area contributed by atoms with E-state index in [1.54, 1.807) is 50.4 Å². The first-order valence-electron chi connectivity index (χ1n) is 13.6. The molecule has 1 fully saturated rings. The lowest BCUT2D eigenvalue weighted by Crippen LogP contribution is -2.55.